The van der Waals surface area contributed by atoms with E-state index in [0.717, 1.165) is 23.1 Å². The summed E-state index contributed by atoms with van der Waals surface area (Å²) in [6.45, 7) is 1.91. The highest BCUT2D eigenvalue weighted by molar-refractivity contribution is 5.88. The number of carbonyl (C=O) groups excluding carboxylic acids is 1. The van der Waals surface area contributed by atoms with Crippen LogP contribution in [0.1, 0.15) is 15.9 Å². The first-order valence-electron chi connectivity index (χ1n) is 4.24. The molecule has 2 aromatic heterocycles. The fourth-order valence-electron chi connectivity index (χ4n) is 1.57. The molecule has 0 atom stereocenters. The number of hydrogen-bond donors (Lipinski definition) is 0. The predicted octanol–water partition coefficient (Wildman–Crippen LogP) is 1.46. The largest absolute Gasteiger partial charge is 0.495 e. The van der Waals surface area contributed by atoms with E-state index in [1.807, 2.05) is 6.92 Å². The zero-order valence-corrected chi connectivity index (χ0v) is 8.02. The summed E-state index contributed by atoms with van der Waals surface area (Å²) in [6, 6.07) is 1.69. The molecule has 2 aromatic rings. The number of aldehydes is 1. The third-order valence-electron chi connectivity index (χ3n) is 2.26. The Morgan fingerprint density at radius 1 is 1.57 bits per heavy atom. The number of methoxy groups -OCH3 is 1. The summed E-state index contributed by atoms with van der Waals surface area (Å²) in [5.41, 5.74) is 2.36. The second kappa shape index (κ2) is 3.14. The number of nitrogens with zero attached hydrogens (tertiary/aromatic N) is 2. The molecule has 0 aliphatic carbocycles. The van der Waals surface area contributed by atoms with Crippen LogP contribution in [0.2, 0.25) is 0 Å². The number of hydrogen-bond acceptors (Lipinski definition) is 3. The van der Waals surface area contributed by atoms with Crippen molar-refractivity contribution in [2.75, 3.05) is 7.11 Å². The molecule has 0 aliphatic heterocycles. The van der Waals surface area contributed by atoms with Gasteiger partial charge in [0.2, 0.25) is 0 Å². The molecule has 0 saturated carbocycles. The first kappa shape index (κ1) is 8.74. The van der Waals surface area contributed by atoms with Crippen molar-refractivity contribution in [3.63, 3.8) is 0 Å². The third-order valence-corrected chi connectivity index (χ3v) is 2.26. The van der Waals surface area contributed by atoms with Crippen molar-refractivity contribution in [2.45, 2.75) is 6.92 Å². The lowest BCUT2D eigenvalue weighted by Crippen LogP contribution is -1.93. The Balaban J connectivity index is 2.85. The molecule has 0 unspecified atom stereocenters. The monoisotopic (exact) mass is 190 g/mol. The predicted molar refractivity (Wildman–Crippen MR) is 51.9 cm³/mol. The smallest absolute Gasteiger partial charge is 0.152 e. The minimum Gasteiger partial charge on any atom is -0.495 e. The maximum atomic E-state index is 10.8. The second-order valence-electron chi connectivity index (χ2n) is 3.02. The van der Waals surface area contributed by atoms with E-state index < -0.39 is 0 Å². The number of aromatic nitrogens is 2. The lowest BCUT2D eigenvalue weighted by Gasteiger charge is -1.97. The van der Waals surface area contributed by atoms with Crippen LogP contribution in [0, 0.1) is 6.92 Å². The van der Waals surface area contributed by atoms with E-state index in [4.69, 9.17) is 4.74 Å². The molecular weight excluding hydrogens is 180 g/mol. The number of fused-ring (bicyclic) bond motifs is 1. The Hall–Kier alpha value is -1.84. The lowest BCUT2D eigenvalue weighted by atomic mass is 10.2. The van der Waals surface area contributed by atoms with Crippen LogP contribution in [0.25, 0.3) is 5.52 Å². The lowest BCUT2D eigenvalue weighted by molar-refractivity contribution is 0.112. The highest BCUT2D eigenvalue weighted by Gasteiger charge is 2.10. The molecule has 72 valence electrons. The van der Waals surface area contributed by atoms with Gasteiger partial charge in [-0.25, -0.2) is 4.52 Å². The second-order valence-corrected chi connectivity index (χ2v) is 3.02. The summed E-state index contributed by atoms with van der Waals surface area (Å²) in [5, 5.41) is 4.10. The highest BCUT2D eigenvalue weighted by Crippen LogP contribution is 2.25. The van der Waals surface area contributed by atoms with E-state index in [-0.39, 0.29) is 0 Å². The maximum absolute atomic E-state index is 10.8. The Morgan fingerprint density at radius 3 is 3.00 bits per heavy atom. The minimum absolute atomic E-state index is 0.626. The Morgan fingerprint density at radius 2 is 2.36 bits per heavy atom. The molecular formula is C10H10N2O2. The van der Waals surface area contributed by atoms with Gasteiger partial charge in [0.1, 0.15) is 5.75 Å². The van der Waals surface area contributed by atoms with E-state index in [2.05, 4.69) is 5.10 Å². The number of aryl methyl sites for hydroxylation is 1. The van der Waals surface area contributed by atoms with Gasteiger partial charge < -0.3 is 4.74 Å². The van der Waals surface area contributed by atoms with Gasteiger partial charge in [0.25, 0.3) is 0 Å². The Kier molecular flexibility index (Phi) is 1.96. The summed E-state index contributed by atoms with van der Waals surface area (Å²) in [6.07, 6.45) is 4.18. The van der Waals surface area contributed by atoms with Gasteiger partial charge in [0.15, 0.2) is 6.29 Å². The summed E-state index contributed by atoms with van der Waals surface area (Å²) >= 11 is 0. The Labute approximate surface area is 81.1 Å². The molecule has 0 aromatic carbocycles. The van der Waals surface area contributed by atoms with Crippen molar-refractivity contribution in [1.82, 2.24) is 9.61 Å². The van der Waals surface area contributed by atoms with Gasteiger partial charge in [-0.1, -0.05) is 0 Å². The molecule has 14 heavy (non-hydrogen) atoms. The molecule has 0 bridgehead atoms. The molecule has 0 radical (unpaired) electrons. The molecule has 4 nitrogen and oxygen atoms in total. The van der Waals surface area contributed by atoms with Gasteiger partial charge in [-0.05, 0) is 13.0 Å². The zero-order chi connectivity index (χ0) is 10.1. The molecule has 0 fully saturated rings. The van der Waals surface area contributed by atoms with Crippen LogP contribution in [-0.2, 0) is 0 Å². The van der Waals surface area contributed by atoms with E-state index in [9.17, 15) is 4.79 Å². The van der Waals surface area contributed by atoms with Crippen molar-refractivity contribution in [3.8, 4) is 5.75 Å². The molecule has 4 heteroatoms. The van der Waals surface area contributed by atoms with E-state index in [1.165, 1.54) is 0 Å². The normalized spacial score (nSPS) is 10.4. The van der Waals surface area contributed by atoms with Crippen LogP contribution >= 0.6 is 0 Å². The molecule has 0 saturated heterocycles. The SMILES string of the molecule is COc1cn2nccc(C=O)c2c1C. The molecule has 2 rings (SSSR count). The topological polar surface area (TPSA) is 43.6 Å². The molecule has 0 amide bonds. The van der Waals surface area contributed by atoms with Crippen LogP contribution in [0.3, 0.4) is 0 Å². The van der Waals surface area contributed by atoms with Crippen molar-refractivity contribution >= 4 is 11.8 Å². The van der Waals surface area contributed by atoms with Crippen molar-refractivity contribution < 1.29 is 9.53 Å². The van der Waals surface area contributed by atoms with Crippen molar-refractivity contribution in [2.24, 2.45) is 0 Å². The fraction of sp³-hybridized carbons (Fsp3) is 0.200. The van der Waals surface area contributed by atoms with Gasteiger partial charge in [-0.3, -0.25) is 4.79 Å². The molecule has 0 spiro atoms. The maximum Gasteiger partial charge on any atom is 0.152 e. The van der Waals surface area contributed by atoms with Gasteiger partial charge >= 0.3 is 0 Å². The molecule has 0 N–H and O–H groups in total. The summed E-state index contributed by atoms with van der Waals surface area (Å²) in [7, 11) is 1.60. The summed E-state index contributed by atoms with van der Waals surface area (Å²) in [5.74, 6) is 0.742. The van der Waals surface area contributed by atoms with Gasteiger partial charge in [-0.2, -0.15) is 5.10 Å². The van der Waals surface area contributed by atoms with Gasteiger partial charge in [0, 0.05) is 17.3 Å². The number of rotatable bonds is 2. The van der Waals surface area contributed by atoms with E-state index in [1.54, 1.807) is 30.1 Å². The first-order valence-corrected chi connectivity index (χ1v) is 4.24. The van der Waals surface area contributed by atoms with Crippen LogP contribution < -0.4 is 4.74 Å². The van der Waals surface area contributed by atoms with Crippen LogP contribution in [0.5, 0.6) is 5.75 Å². The standard InChI is InChI=1S/C10H10N2O2/c1-7-9(14-2)5-12-10(7)8(6-13)3-4-11-12/h3-6H,1-2H3. The van der Waals surface area contributed by atoms with Crippen LogP contribution in [-0.4, -0.2) is 23.0 Å². The van der Waals surface area contributed by atoms with Crippen molar-refractivity contribution in [1.29, 1.82) is 0 Å². The van der Waals surface area contributed by atoms with Gasteiger partial charge in [-0.15, -0.1) is 0 Å². The third kappa shape index (κ3) is 1.08. The van der Waals surface area contributed by atoms with E-state index >= 15 is 0 Å². The fourth-order valence-corrected chi connectivity index (χ4v) is 1.57. The van der Waals surface area contributed by atoms with Crippen LogP contribution in [0.15, 0.2) is 18.5 Å². The summed E-state index contributed by atoms with van der Waals surface area (Å²) < 4.78 is 6.80. The van der Waals surface area contributed by atoms with Gasteiger partial charge in [0.05, 0.1) is 18.8 Å². The highest BCUT2D eigenvalue weighted by atomic mass is 16.5. The van der Waals surface area contributed by atoms with Crippen LogP contribution in [0.4, 0.5) is 0 Å². The average molecular weight is 190 g/mol. The quantitative estimate of drug-likeness (QED) is 0.673. The Bertz CT molecular complexity index is 488. The number of ether oxygens (including phenoxy) is 1. The first-order chi connectivity index (χ1) is 6.77. The minimum atomic E-state index is 0.626. The molecule has 2 heterocycles. The molecule has 0 aliphatic rings. The zero-order valence-electron chi connectivity index (χ0n) is 8.02. The van der Waals surface area contributed by atoms with E-state index in [0.29, 0.717) is 5.56 Å². The van der Waals surface area contributed by atoms with Crippen molar-refractivity contribution in [3.05, 3.63) is 29.6 Å². The average Bonchev–Trinajstić information content (AvgIpc) is 2.55. The summed E-state index contributed by atoms with van der Waals surface area (Å²) in [4.78, 5) is 10.8. The number of carbonyl (C=O) groups is 1.